The van der Waals surface area contributed by atoms with Crippen LogP contribution in [-0.4, -0.2) is 38.0 Å². The number of carbonyl (C=O) groups is 1. The molecule has 0 aromatic heterocycles. The number of aliphatic hydroxyl groups excluding tert-OH is 1. The summed E-state index contributed by atoms with van der Waals surface area (Å²) < 4.78 is 29.6. The van der Waals surface area contributed by atoms with Crippen molar-refractivity contribution in [2.75, 3.05) is 5.75 Å². The highest BCUT2D eigenvalue weighted by Crippen LogP contribution is 2.21. The van der Waals surface area contributed by atoms with Crippen LogP contribution in [0, 0.1) is 11.8 Å². The maximum Gasteiger partial charge on any atom is 0.293 e. The molecule has 0 bridgehead atoms. The van der Waals surface area contributed by atoms with E-state index in [9.17, 15) is 18.3 Å². The number of rotatable bonds is 9. The lowest BCUT2D eigenvalue weighted by Gasteiger charge is -2.26. The van der Waals surface area contributed by atoms with E-state index in [0.29, 0.717) is 12.9 Å². The third kappa shape index (κ3) is 5.42. The average molecular weight is 328 g/mol. The molecule has 0 aliphatic rings. The Morgan fingerprint density at radius 2 is 1.77 bits per heavy atom. The minimum Gasteiger partial charge on any atom is -0.462 e. The molecule has 0 fully saturated rings. The molecule has 0 saturated carbocycles. The summed E-state index contributed by atoms with van der Waals surface area (Å²) in [5, 5.41) is 10.0. The van der Waals surface area contributed by atoms with Crippen molar-refractivity contribution in [2.45, 2.75) is 44.3 Å². The van der Waals surface area contributed by atoms with Crippen molar-refractivity contribution in [1.82, 2.24) is 0 Å². The minimum atomic E-state index is -3.39. The van der Waals surface area contributed by atoms with Gasteiger partial charge in [0.25, 0.3) is 6.47 Å². The summed E-state index contributed by atoms with van der Waals surface area (Å²) in [7, 11) is -3.39. The fraction of sp³-hybridized carbons (Fsp3) is 0.562. The SMILES string of the molecule is CC(C)[C@@H](O)[C@@H](C[C@H](C)CS(=O)(=O)c1ccccc1)OC=O. The minimum absolute atomic E-state index is 0.0550. The summed E-state index contributed by atoms with van der Waals surface area (Å²) >= 11 is 0. The van der Waals surface area contributed by atoms with Gasteiger partial charge in [-0.25, -0.2) is 8.42 Å². The number of carbonyl (C=O) groups excluding carboxylic acids is 1. The molecule has 0 spiro atoms. The van der Waals surface area contributed by atoms with Gasteiger partial charge in [-0.05, 0) is 30.4 Å². The van der Waals surface area contributed by atoms with E-state index < -0.39 is 22.0 Å². The third-order valence-corrected chi connectivity index (χ3v) is 5.53. The standard InChI is InChI=1S/C16H24O5S/c1-12(2)16(18)15(21-11-17)9-13(3)10-22(19,20)14-7-5-4-6-8-14/h4-8,11-13,15-16,18H,9-10H2,1-3H3/t13-,15+,16+/m0/s1. The van der Waals surface area contributed by atoms with E-state index in [1.807, 2.05) is 13.8 Å². The van der Waals surface area contributed by atoms with Crippen LogP contribution in [0.5, 0.6) is 0 Å². The van der Waals surface area contributed by atoms with Gasteiger partial charge in [-0.15, -0.1) is 0 Å². The molecule has 3 atom stereocenters. The Hall–Kier alpha value is -1.40. The number of hydrogen-bond acceptors (Lipinski definition) is 5. The van der Waals surface area contributed by atoms with Crippen molar-refractivity contribution in [3.8, 4) is 0 Å². The number of ether oxygens (including phenoxy) is 1. The number of benzene rings is 1. The summed E-state index contributed by atoms with van der Waals surface area (Å²) in [4.78, 5) is 10.9. The molecular weight excluding hydrogens is 304 g/mol. The second kappa shape index (κ2) is 8.29. The molecule has 1 aromatic rings. The van der Waals surface area contributed by atoms with Crippen LogP contribution in [0.3, 0.4) is 0 Å². The van der Waals surface area contributed by atoms with Crippen molar-refractivity contribution < 1.29 is 23.1 Å². The molecule has 5 nitrogen and oxygen atoms in total. The zero-order chi connectivity index (χ0) is 16.8. The molecular formula is C16H24O5S. The summed E-state index contributed by atoms with van der Waals surface area (Å²) in [6.07, 6.45) is -1.21. The zero-order valence-electron chi connectivity index (χ0n) is 13.2. The molecule has 0 amide bonds. The lowest BCUT2D eigenvalue weighted by Crippen LogP contribution is -2.35. The van der Waals surface area contributed by atoms with Crippen LogP contribution in [0.1, 0.15) is 27.2 Å². The van der Waals surface area contributed by atoms with Gasteiger partial charge in [-0.3, -0.25) is 4.79 Å². The van der Waals surface area contributed by atoms with E-state index in [4.69, 9.17) is 4.74 Å². The molecule has 1 aromatic carbocycles. The van der Waals surface area contributed by atoms with E-state index >= 15 is 0 Å². The van der Waals surface area contributed by atoms with Gasteiger partial charge in [0.05, 0.1) is 16.8 Å². The van der Waals surface area contributed by atoms with Gasteiger partial charge in [-0.2, -0.15) is 0 Å². The smallest absolute Gasteiger partial charge is 0.293 e. The Balaban J connectivity index is 2.75. The second-order valence-corrected chi connectivity index (χ2v) is 7.97. The Bertz CT molecular complexity index is 553. The first-order chi connectivity index (χ1) is 10.3. The molecule has 22 heavy (non-hydrogen) atoms. The summed E-state index contributed by atoms with van der Waals surface area (Å²) in [6, 6.07) is 8.24. The number of sulfone groups is 1. The lowest BCUT2D eigenvalue weighted by atomic mass is 9.95. The molecule has 0 aliphatic carbocycles. The second-order valence-electron chi connectivity index (χ2n) is 5.94. The van der Waals surface area contributed by atoms with Gasteiger partial charge in [0.15, 0.2) is 9.84 Å². The molecule has 0 aliphatic heterocycles. The first-order valence-electron chi connectivity index (χ1n) is 7.33. The predicted octanol–water partition coefficient (Wildman–Crippen LogP) is 2.04. The fourth-order valence-corrected chi connectivity index (χ4v) is 3.99. The van der Waals surface area contributed by atoms with E-state index in [-0.39, 0.29) is 22.5 Å². The number of hydrogen-bond donors (Lipinski definition) is 1. The van der Waals surface area contributed by atoms with Gasteiger partial charge >= 0.3 is 0 Å². The summed E-state index contributed by atoms with van der Waals surface area (Å²) in [5.74, 6) is -0.382. The van der Waals surface area contributed by atoms with Crippen LogP contribution in [0.4, 0.5) is 0 Å². The largest absolute Gasteiger partial charge is 0.462 e. The van der Waals surface area contributed by atoms with Gasteiger partial charge in [-0.1, -0.05) is 39.0 Å². The van der Waals surface area contributed by atoms with E-state index in [0.717, 1.165) is 0 Å². The highest BCUT2D eigenvalue weighted by molar-refractivity contribution is 7.91. The maximum absolute atomic E-state index is 12.3. The third-order valence-electron chi connectivity index (χ3n) is 3.54. The van der Waals surface area contributed by atoms with Gasteiger partial charge in [0, 0.05) is 0 Å². The predicted molar refractivity (Wildman–Crippen MR) is 84.1 cm³/mol. The lowest BCUT2D eigenvalue weighted by molar-refractivity contribution is -0.142. The average Bonchev–Trinajstić information content (AvgIpc) is 2.46. The van der Waals surface area contributed by atoms with Crippen molar-refractivity contribution in [3.63, 3.8) is 0 Å². The number of aliphatic hydroxyl groups is 1. The molecule has 0 unspecified atom stereocenters. The first-order valence-corrected chi connectivity index (χ1v) is 8.98. The Morgan fingerprint density at radius 3 is 2.27 bits per heavy atom. The van der Waals surface area contributed by atoms with Crippen molar-refractivity contribution in [1.29, 1.82) is 0 Å². The van der Waals surface area contributed by atoms with E-state index in [1.165, 1.54) is 0 Å². The summed E-state index contributed by atoms with van der Waals surface area (Å²) in [5.41, 5.74) is 0. The summed E-state index contributed by atoms with van der Waals surface area (Å²) in [6.45, 7) is 5.71. The highest BCUT2D eigenvalue weighted by Gasteiger charge is 2.28. The van der Waals surface area contributed by atoms with Gasteiger partial charge < -0.3 is 9.84 Å². The van der Waals surface area contributed by atoms with Gasteiger partial charge in [0.1, 0.15) is 6.10 Å². The van der Waals surface area contributed by atoms with Crippen molar-refractivity contribution >= 4 is 16.3 Å². The van der Waals surface area contributed by atoms with Crippen LogP contribution in [0.25, 0.3) is 0 Å². The van der Waals surface area contributed by atoms with Gasteiger partial charge in [0.2, 0.25) is 0 Å². The Labute approximate surface area is 132 Å². The molecule has 1 rings (SSSR count). The molecule has 0 radical (unpaired) electrons. The van der Waals surface area contributed by atoms with Crippen LogP contribution in [-0.2, 0) is 19.4 Å². The molecule has 1 N–H and O–H groups in total. The van der Waals surface area contributed by atoms with Crippen LogP contribution in [0.15, 0.2) is 35.2 Å². The topological polar surface area (TPSA) is 80.7 Å². The zero-order valence-corrected chi connectivity index (χ0v) is 14.0. The monoisotopic (exact) mass is 328 g/mol. The van der Waals surface area contributed by atoms with Crippen LogP contribution >= 0.6 is 0 Å². The fourth-order valence-electron chi connectivity index (χ4n) is 2.34. The molecule has 0 heterocycles. The van der Waals surface area contributed by atoms with E-state index in [1.54, 1.807) is 37.3 Å². The van der Waals surface area contributed by atoms with Crippen LogP contribution < -0.4 is 0 Å². The Morgan fingerprint density at radius 1 is 1.18 bits per heavy atom. The highest BCUT2D eigenvalue weighted by atomic mass is 32.2. The van der Waals surface area contributed by atoms with Crippen LogP contribution in [0.2, 0.25) is 0 Å². The Kier molecular flexibility index (Phi) is 7.03. The van der Waals surface area contributed by atoms with Crippen molar-refractivity contribution in [3.05, 3.63) is 30.3 Å². The molecule has 0 saturated heterocycles. The molecule has 124 valence electrons. The quantitative estimate of drug-likeness (QED) is 0.702. The normalized spacial score (nSPS) is 16.0. The van der Waals surface area contributed by atoms with Crippen molar-refractivity contribution in [2.24, 2.45) is 11.8 Å². The van der Waals surface area contributed by atoms with E-state index in [2.05, 4.69) is 0 Å². The maximum atomic E-state index is 12.3. The molecule has 6 heteroatoms. The first kappa shape index (κ1) is 18.6.